The normalized spacial score (nSPS) is 8.64. The minimum Gasteiger partial charge on any atom is -0.359 e. The van der Waals surface area contributed by atoms with E-state index in [9.17, 15) is 10.1 Å². The van der Waals surface area contributed by atoms with Gasteiger partial charge in [-0.25, -0.2) is 4.85 Å². The molecule has 0 bridgehead atoms. The Morgan fingerprint density at radius 2 is 2.45 bits per heavy atom. The van der Waals surface area contributed by atoms with E-state index < -0.39 is 4.92 Å². The summed E-state index contributed by atoms with van der Waals surface area (Å²) >= 11 is 0. The molecule has 0 aliphatic heterocycles. The molecule has 1 aromatic heterocycles. The van der Waals surface area contributed by atoms with Gasteiger partial charge in [-0.15, -0.1) is 0 Å². The molecule has 0 saturated carbocycles. The third-order valence-electron chi connectivity index (χ3n) is 1.06. The summed E-state index contributed by atoms with van der Waals surface area (Å²) in [5.74, 6) is -0.387. The summed E-state index contributed by atoms with van der Waals surface area (Å²) in [6, 6.07) is 2.85. The monoisotopic (exact) mass is 149 g/mol. The van der Waals surface area contributed by atoms with Gasteiger partial charge < -0.3 is 10.1 Å². The van der Waals surface area contributed by atoms with Gasteiger partial charge in [0.05, 0.1) is 6.57 Å². The molecule has 1 aromatic rings. The lowest BCUT2D eigenvalue weighted by molar-refractivity contribution is -0.388. The molecule has 0 fully saturated rings. The number of nitro groups is 1. The van der Waals surface area contributed by atoms with Gasteiger partial charge in [0.25, 0.3) is 5.69 Å². The lowest BCUT2D eigenvalue weighted by atomic mass is 10.4. The van der Waals surface area contributed by atoms with Crippen molar-refractivity contribution in [2.45, 2.75) is 0 Å². The highest BCUT2D eigenvalue weighted by atomic mass is 16.6. The zero-order chi connectivity index (χ0) is 8.27. The van der Waals surface area contributed by atoms with E-state index in [2.05, 4.69) is 9.83 Å². The zero-order valence-electron chi connectivity index (χ0n) is 5.39. The van der Waals surface area contributed by atoms with Crippen molar-refractivity contribution in [2.24, 2.45) is 0 Å². The van der Waals surface area contributed by atoms with E-state index in [4.69, 9.17) is 6.57 Å². The molecule has 0 spiro atoms. The van der Waals surface area contributed by atoms with Crippen LogP contribution in [0.5, 0.6) is 0 Å². The van der Waals surface area contributed by atoms with Crippen molar-refractivity contribution >= 4 is 11.5 Å². The van der Waals surface area contributed by atoms with E-state index in [0.29, 0.717) is 0 Å². The Hall–Kier alpha value is -1.96. The van der Waals surface area contributed by atoms with E-state index in [0.717, 1.165) is 0 Å². The Morgan fingerprint density at radius 1 is 1.73 bits per heavy atom. The fourth-order valence-electron chi connectivity index (χ4n) is 0.616. The van der Waals surface area contributed by atoms with Gasteiger partial charge in [0.15, 0.2) is 0 Å². The van der Waals surface area contributed by atoms with E-state index in [-0.39, 0.29) is 11.5 Å². The topological polar surface area (TPSA) is 60.4 Å². The van der Waals surface area contributed by atoms with Crippen LogP contribution in [0, 0.1) is 16.7 Å². The first kappa shape index (κ1) is 7.15. The molecule has 0 N–H and O–H groups in total. The van der Waals surface area contributed by atoms with Crippen molar-refractivity contribution < 1.29 is 4.92 Å². The smallest absolute Gasteiger partial charge is 0.359 e. The van der Waals surface area contributed by atoms with Crippen LogP contribution in [0.4, 0.5) is 11.5 Å². The number of rotatable bonds is 1. The van der Waals surface area contributed by atoms with Crippen LogP contribution in [-0.4, -0.2) is 9.91 Å². The van der Waals surface area contributed by atoms with Gasteiger partial charge >= 0.3 is 5.82 Å². The third-order valence-corrected chi connectivity index (χ3v) is 1.06. The molecule has 54 valence electrons. The predicted molar refractivity (Wildman–Crippen MR) is 37.2 cm³/mol. The number of hydrogen-bond donors (Lipinski definition) is 0. The summed E-state index contributed by atoms with van der Waals surface area (Å²) in [4.78, 5) is 15.9. The molecular formula is C6H3N3O2. The first-order chi connectivity index (χ1) is 5.25. The van der Waals surface area contributed by atoms with Crippen LogP contribution in [0.2, 0.25) is 0 Å². The molecule has 0 atom stereocenters. The number of nitrogens with zero attached hydrogens (tertiary/aromatic N) is 3. The zero-order valence-corrected chi connectivity index (χ0v) is 5.39. The van der Waals surface area contributed by atoms with Gasteiger partial charge in [0.1, 0.15) is 6.20 Å². The molecule has 1 heterocycles. The van der Waals surface area contributed by atoms with Crippen LogP contribution >= 0.6 is 0 Å². The van der Waals surface area contributed by atoms with E-state index >= 15 is 0 Å². The molecule has 0 aliphatic carbocycles. The van der Waals surface area contributed by atoms with Gasteiger partial charge in [0, 0.05) is 0 Å². The second-order valence-electron chi connectivity index (χ2n) is 1.72. The van der Waals surface area contributed by atoms with Crippen LogP contribution in [0.15, 0.2) is 18.3 Å². The first-order valence-corrected chi connectivity index (χ1v) is 2.72. The second kappa shape index (κ2) is 2.75. The fourth-order valence-corrected chi connectivity index (χ4v) is 0.616. The van der Waals surface area contributed by atoms with Gasteiger partial charge in [-0.3, -0.25) is 0 Å². The molecule has 0 radical (unpaired) electrons. The van der Waals surface area contributed by atoms with Crippen molar-refractivity contribution in [3.8, 4) is 0 Å². The van der Waals surface area contributed by atoms with Crippen molar-refractivity contribution in [3.05, 3.63) is 39.9 Å². The summed E-state index contributed by atoms with van der Waals surface area (Å²) < 4.78 is 0. The predicted octanol–water partition coefficient (Wildman–Crippen LogP) is 1.54. The largest absolute Gasteiger partial charge is 0.369 e. The van der Waals surface area contributed by atoms with E-state index in [1.54, 1.807) is 0 Å². The van der Waals surface area contributed by atoms with Crippen molar-refractivity contribution in [2.75, 3.05) is 0 Å². The molecule has 5 heteroatoms. The van der Waals surface area contributed by atoms with Crippen molar-refractivity contribution in [1.29, 1.82) is 0 Å². The SMILES string of the molecule is [C-]#[N+]c1cccnc1[N+](=O)[O-]. The van der Waals surface area contributed by atoms with Crippen LogP contribution in [0.25, 0.3) is 4.85 Å². The average Bonchev–Trinajstić information content (AvgIpc) is 2.04. The molecule has 0 amide bonds. The molecule has 0 saturated heterocycles. The van der Waals surface area contributed by atoms with Gasteiger partial charge in [-0.2, -0.15) is 0 Å². The van der Waals surface area contributed by atoms with Gasteiger partial charge in [0.2, 0.25) is 0 Å². The summed E-state index contributed by atoms with van der Waals surface area (Å²) in [6.07, 6.45) is 1.28. The molecule has 0 unspecified atom stereocenters. The minimum absolute atomic E-state index is 0.0301. The Morgan fingerprint density at radius 3 is 2.91 bits per heavy atom. The fraction of sp³-hybridized carbons (Fsp3) is 0. The lowest BCUT2D eigenvalue weighted by Crippen LogP contribution is -1.90. The summed E-state index contributed by atoms with van der Waals surface area (Å²) in [5, 5.41) is 10.2. The lowest BCUT2D eigenvalue weighted by Gasteiger charge is -1.91. The molecule has 0 aromatic carbocycles. The maximum atomic E-state index is 10.2. The molecular weight excluding hydrogens is 146 g/mol. The first-order valence-electron chi connectivity index (χ1n) is 2.72. The molecule has 0 aliphatic rings. The Kier molecular flexibility index (Phi) is 1.79. The minimum atomic E-state index is -0.673. The Labute approximate surface area is 62.3 Å². The highest BCUT2D eigenvalue weighted by molar-refractivity contribution is 5.57. The van der Waals surface area contributed by atoms with Crippen molar-refractivity contribution in [1.82, 2.24) is 4.98 Å². The number of hydrogen-bond acceptors (Lipinski definition) is 3. The van der Waals surface area contributed by atoms with Crippen molar-refractivity contribution in [3.63, 3.8) is 0 Å². The second-order valence-corrected chi connectivity index (χ2v) is 1.72. The van der Waals surface area contributed by atoms with E-state index in [1.807, 2.05) is 0 Å². The maximum absolute atomic E-state index is 10.2. The third kappa shape index (κ3) is 1.30. The molecule has 11 heavy (non-hydrogen) atoms. The summed E-state index contributed by atoms with van der Waals surface area (Å²) in [5.41, 5.74) is -0.0301. The average molecular weight is 149 g/mol. The number of pyridine rings is 1. The highest BCUT2D eigenvalue weighted by Crippen LogP contribution is 2.22. The van der Waals surface area contributed by atoms with Crippen LogP contribution in [-0.2, 0) is 0 Å². The van der Waals surface area contributed by atoms with Crippen LogP contribution in [0.1, 0.15) is 0 Å². The molecule has 1 rings (SSSR count). The summed E-state index contributed by atoms with van der Waals surface area (Å²) in [6.45, 7) is 6.56. The Balaban J connectivity index is 3.26. The standard InChI is InChI=1S/C6H3N3O2/c1-7-5-3-2-4-8-6(5)9(10)11/h2-4H. The van der Waals surface area contributed by atoms with E-state index in [1.165, 1.54) is 18.3 Å². The highest BCUT2D eigenvalue weighted by Gasteiger charge is 2.12. The summed E-state index contributed by atoms with van der Waals surface area (Å²) in [7, 11) is 0. The number of aromatic nitrogens is 1. The van der Waals surface area contributed by atoms with Gasteiger partial charge in [-0.1, -0.05) is 4.98 Å². The van der Waals surface area contributed by atoms with Crippen LogP contribution < -0.4 is 0 Å². The maximum Gasteiger partial charge on any atom is 0.369 e. The quantitative estimate of drug-likeness (QED) is 0.345. The van der Waals surface area contributed by atoms with Crippen LogP contribution in [0.3, 0.4) is 0 Å². The molecule has 5 nitrogen and oxygen atoms in total. The van der Waals surface area contributed by atoms with Gasteiger partial charge in [-0.05, 0) is 17.1 Å². The Bertz CT molecular complexity index is 329.